The third-order valence-electron chi connectivity index (χ3n) is 8.56. The minimum absolute atomic E-state index is 0.828. The van der Waals surface area contributed by atoms with E-state index in [0.29, 0.717) is 0 Å². The molecule has 0 saturated carbocycles. The molecule has 0 atom stereocenters. The zero-order chi connectivity index (χ0) is 27.6. The fraction of sp³-hybridized carbons (Fsp3) is 0. The quantitative estimate of drug-likeness (QED) is 0.210. The summed E-state index contributed by atoms with van der Waals surface area (Å²) >= 11 is 0. The van der Waals surface area contributed by atoms with E-state index in [1.165, 1.54) is 43.8 Å². The summed E-state index contributed by atoms with van der Waals surface area (Å²) in [7, 11) is 0. The molecule has 196 valence electrons. The predicted molar refractivity (Wildman–Crippen MR) is 175 cm³/mol. The van der Waals surface area contributed by atoms with Crippen molar-refractivity contribution in [1.29, 1.82) is 0 Å². The second kappa shape index (κ2) is 8.95. The number of hydrogen-bond donors (Lipinski definition) is 0. The lowest BCUT2D eigenvalue weighted by Gasteiger charge is -2.18. The molecule has 2 aromatic heterocycles. The molecular weight excluding hydrogens is 512 g/mol. The molecule has 2 heterocycles. The zero-order valence-corrected chi connectivity index (χ0v) is 22.7. The predicted octanol–water partition coefficient (Wildman–Crippen LogP) is 11.6. The molecule has 42 heavy (non-hydrogen) atoms. The van der Waals surface area contributed by atoms with Crippen LogP contribution in [-0.2, 0) is 0 Å². The molecule has 0 saturated heterocycles. The van der Waals surface area contributed by atoms with E-state index >= 15 is 0 Å². The van der Waals surface area contributed by atoms with Gasteiger partial charge in [-0.05, 0) is 61.5 Å². The van der Waals surface area contributed by atoms with Gasteiger partial charge in [0.05, 0.1) is 6.26 Å². The van der Waals surface area contributed by atoms with Crippen LogP contribution in [0.2, 0.25) is 0 Å². The van der Waals surface area contributed by atoms with Gasteiger partial charge in [-0.15, -0.1) is 0 Å². The maximum Gasteiger partial charge on any atom is 0.139 e. The van der Waals surface area contributed by atoms with Crippen molar-refractivity contribution in [2.24, 2.45) is 0 Å². The summed E-state index contributed by atoms with van der Waals surface area (Å²) in [5.41, 5.74) is 9.79. The van der Waals surface area contributed by atoms with Gasteiger partial charge < -0.3 is 8.83 Å². The molecule has 0 amide bonds. The summed E-state index contributed by atoms with van der Waals surface area (Å²) in [6.07, 6.45) is 1.76. The van der Waals surface area contributed by atoms with E-state index in [1.54, 1.807) is 6.26 Å². The average Bonchev–Trinajstić information content (AvgIpc) is 3.67. The SMILES string of the molecule is c1ccc(-c2c3ccccc3c(-c3ccc(-c4c5ccoc5cc5oc6ccccc6c45)cc3)c3ccccc23)cc1. The van der Waals surface area contributed by atoms with E-state index in [0.717, 1.165) is 44.0 Å². The number of hydrogen-bond acceptors (Lipinski definition) is 2. The van der Waals surface area contributed by atoms with Crippen molar-refractivity contribution >= 4 is 54.5 Å². The largest absolute Gasteiger partial charge is 0.464 e. The molecule has 9 rings (SSSR count). The van der Waals surface area contributed by atoms with Crippen molar-refractivity contribution in [3.8, 4) is 33.4 Å². The highest BCUT2D eigenvalue weighted by Crippen LogP contribution is 2.45. The van der Waals surface area contributed by atoms with Crippen LogP contribution in [0, 0.1) is 0 Å². The Balaban J connectivity index is 1.31. The van der Waals surface area contributed by atoms with Crippen molar-refractivity contribution in [3.05, 3.63) is 146 Å². The topological polar surface area (TPSA) is 26.3 Å². The molecule has 7 aromatic carbocycles. The van der Waals surface area contributed by atoms with Gasteiger partial charge in [0.1, 0.15) is 16.7 Å². The van der Waals surface area contributed by atoms with Gasteiger partial charge >= 0.3 is 0 Å². The molecule has 0 radical (unpaired) electrons. The second-order valence-corrected chi connectivity index (χ2v) is 10.8. The molecular formula is C40H24O2. The Morgan fingerprint density at radius 3 is 1.45 bits per heavy atom. The van der Waals surface area contributed by atoms with Gasteiger partial charge in [0, 0.05) is 27.8 Å². The zero-order valence-electron chi connectivity index (χ0n) is 22.7. The van der Waals surface area contributed by atoms with Crippen LogP contribution in [0.25, 0.3) is 87.8 Å². The minimum Gasteiger partial charge on any atom is -0.464 e. The number of para-hydroxylation sites is 1. The minimum atomic E-state index is 0.828. The van der Waals surface area contributed by atoms with Crippen molar-refractivity contribution < 1.29 is 8.83 Å². The first-order valence-corrected chi connectivity index (χ1v) is 14.3. The van der Waals surface area contributed by atoms with Crippen molar-refractivity contribution in [2.45, 2.75) is 0 Å². The molecule has 0 aliphatic rings. The summed E-state index contributed by atoms with van der Waals surface area (Å²) in [6, 6.07) is 49.6. The summed E-state index contributed by atoms with van der Waals surface area (Å²) in [6.45, 7) is 0. The standard InChI is InChI=1S/C40H24O2/c1-2-10-25(11-3-1)37-28-12-4-6-14-30(28)38(31-15-7-5-13-29(31)37)26-18-20-27(21-19-26)39-33-22-23-41-35(33)24-36-40(39)32-16-8-9-17-34(32)42-36/h1-24H. The summed E-state index contributed by atoms with van der Waals surface area (Å²) in [5.74, 6) is 0. The average molecular weight is 537 g/mol. The van der Waals surface area contributed by atoms with Crippen LogP contribution in [0.5, 0.6) is 0 Å². The van der Waals surface area contributed by atoms with Crippen LogP contribution in [0.1, 0.15) is 0 Å². The van der Waals surface area contributed by atoms with E-state index in [-0.39, 0.29) is 0 Å². The normalized spacial score (nSPS) is 11.8. The molecule has 0 fully saturated rings. The van der Waals surface area contributed by atoms with Crippen LogP contribution in [-0.4, -0.2) is 0 Å². The van der Waals surface area contributed by atoms with Crippen molar-refractivity contribution in [3.63, 3.8) is 0 Å². The number of benzene rings is 7. The number of rotatable bonds is 3. The molecule has 0 spiro atoms. The molecule has 0 N–H and O–H groups in total. The van der Waals surface area contributed by atoms with E-state index in [4.69, 9.17) is 8.83 Å². The summed E-state index contributed by atoms with van der Waals surface area (Å²) < 4.78 is 12.1. The molecule has 0 unspecified atom stereocenters. The summed E-state index contributed by atoms with van der Waals surface area (Å²) in [4.78, 5) is 0. The Morgan fingerprint density at radius 2 is 0.833 bits per heavy atom. The highest BCUT2D eigenvalue weighted by Gasteiger charge is 2.19. The smallest absolute Gasteiger partial charge is 0.139 e. The first-order valence-electron chi connectivity index (χ1n) is 14.3. The van der Waals surface area contributed by atoms with Gasteiger partial charge in [0.15, 0.2) is 0 Å². The lowest BCUT2D eigenvalue weighted by atomic mass is 9.85. The van der Waals surface area contributed by atoms with Crippen LogP contribution in [0.3, 0.4) is 0 Å². The summed E-state index contributed by atoms with van der Waals surface area (Å²) in [5, 5.41) is 8.35. The Morgan fingerprint density at radius 1 is 0.333 bits per heavy atom. The second-order valence-electron chi connectivity index (χ2n) is 10.8. The fourth-order valence-corrected chi connectivity index (χ4v) is 6.78. The first-order chi connectivity index (χ1) is 20.8. The Bertz CT molecular complexity index is 2380. The molecule has 0 aliphatic carbocycles. The third-order valence-corrected chi connectivity index (χ3v) is 8.56. The monoisotopic (exact) mass is 536 g/mol. The number of furan rings is 2. The maximum atomic E-state index is 6.27. The van der Waals surface area contributed by atoms with E-state index < -0.39 is 0 Å². The molecule has 2 nitrogen and oxygen atoms in total. The molecule has 9 aromatic rings. The van der Waals surface area contributed by atoms with E-state index in [1.807, 2.05) is 18.2 Å². The van der Waals surface area contributed by atoms with Gasteiger partial charge in [0.2, 0.25) is 0 Å². The Labute approximate surface area is 242 Å². The van der Waals surface area contributed by atoms with E-state index in [9.17, 15) is 0 Å². The lowest BCUT2D eigenvalue weighted by Crippen LogP contribution is -1.91. The van der Waals surface area contributed by atoms with E-state index in [2.05, 4.69) is 121 Å². The number of fused-ring (bicyclic) bond motifs is 6. The first kappa shape index (κ1) is 23.1. The van der Waals surface area contributed by atoms with Crippen molar-refractivity contribution in [2.75, 3.05) is 0 Å². The Hall–Kier alpha value is -5.60. The van der Waals surface area contributed by atoms with Crippen LogP contribution >= 0.6 is 0 Å². The maximum absolute atomic E-state index is 6.27. The van der Waals surface area contributed by atoms with Crippen LogP contribution in [0.15, 0.2) is 155 Å². The third kappa shape index (κ3) is 3.33. The highest BCUT2D eigenvalue weighted by molar-refractivity contribution is 6.22. The van der Waals surface area contributed by atoms with Gasteiger partial charge in [-0.1, -0.05) is 121 Å². The van der Waals surface area contributed by atoms with Crippen LogP contribution < -0.4 is 0 Å². The molecule has 2 heteroatoms. The van der Waals surface area contributed by atoms with Crippen LogP contribution in [0.4, 0.5) is 0 Å². The van der Waals surface area contributed by atoms with Gasteiger partial charge in [-0.25, -0.2) is 0 Å². The fourth-order valence-electron chi connectivity index (χ4n) is 6.78. The van der Waals surface area contributed by atoms with Crippen molar-refractivity contribution in [1.82, 2.24) is 0 Å². The van der Waals surface area contributed by atoms with Gasteiger partial charge in [-0.2, -0.15) is 0 Å². The lowest BCUT2D eigenvalue weighted by molar-refractivity contribution is 0.613. The molecule has 0 bridgehead atoms. The van der Waals surface area contributed by atoms with Gasteiger partial charge in [-0.3, -0.25) is 0 Å². The Kier molecular flexibility index (Phi) is 4.93. The molecule has 0 aliphatic heterocycles. The highest BCUT2D eigenvalue weighted by atomic mass is 16.3. The van der Waals surface area contributed by atoms with Gasteiger partial charge in [0.25, 0.3) is 0 Å².